The van der Waals surface area contributed by atoms with Crippen molar-refractivity contribution in [2.45, 2.75) is 76.7 Å². The quantitative estimate of drug-likeness (QED) is 0.771. The molecule has 0 saturated carbocycles. The number of hydrogen-bond acceptors (Lipinski definition) is 5. The van der Waals surface area contributed by atoms with Crippen molar-refractivity contribution < 1.29 is 22.5 Å². The average Bonchev–Trinajstić information content (AvgIpc) is 3.43. The molecular weight excluding hydrogens is 399 g/mol. The van der Waals surface area contributed by atoms with E-state index in [2.05, 4.69) is 15.6 Å². The number of halogens is 3. The number of aromatic nitrogens is 3. The van der Waals surface area contributed by atoms with Gasteiger partial charge in [-0.25, -0.2) is 4.68 Å². The Morgan fingerprint density at radius 3 is 2.77 bits per heavy atom. The predicted octanol–water partition coefficient (Wildman–Crippen LogP) is 4.67. The first kappa shape index (κ1) is 20.7. The molecule has 1 amide bonds. The molecule has 1 saturated heterocycles. The molecule has 30 heavy (non-hydrogen) atoms. The second kappa shape index (κ2) is 7.63. The van der Waals surface area contributed by atoms with Gasteiger partial charge in [0.25, 0.3) is 5.91 Å². The second-order valence-corrected chi connectivity index (χ2v) is 8.37. The lowest BCUT2D eigenvalue weighted by atomic mass is 10.0. The molecule has 2 aliphatic heterocycles. The molecule has 0 radical (unpaired) electrons. The van der Waals surface area contributed by atoms with Gasteiger partial charge in [-0.3, -0.25) is 4.79 Å². The molecule has 2 aromatic heterocycles. The summed E-state index contributed by atoms with van der Waals surface area (Å²) in [6.45, 7) is 6.25. The van der Waals surface area contributed by atoms with E-state index in [1.165, 1.54) is 0 Å². The molecule has 0 aliphatic carbocycles. The maximum absolute atomic E-state index is 13.6. The molecule has 7 nitrogen and oxygen atoms in total. The fourth-order valence-electron chi connectivity index (χ4n) is 4.23. The van der Waals surface area contributed by atoms with Crippen LogP contribution >= 0.6 is 0 Å². The molecular formula is C20H26F3N5O2. The summed E-state index contributed by atoms with van der Waals surface area (Å²) in [5.41, 5.74) is 0.689. The van der Waals surface area contributed by atoms with Gasteiger partial charge in [0.15, 0.2) is 11.7 Å². The lowest BCUT2D eigenvalue weighted by Crippen LogP contribution is -2.39. The monoisotopic (exact) mass is 425 g/mol. The minimum Gasteiger partial charge on any atom is -0.367 e. The molecule has 0 bridgehead atoms. The average molecular weight is 425 g/mol. The first-order chi connectivity index (χ1) is 14.2. The van der Waals surface area contributed by atoms with Gasteiger partial charge in [0.05, 0.1) is 11.7 Å². The van der Waals surface area contributed by atoms with Crippen LogP contribution in [0.5, 0.6) is 0 Å². The summed E-state index contributed by atoms with van der Waals surface area (Å²) in [6.07, 6.45) is -2.46. The van der Waals surface area contributed by atoms with Gasteiger partial charge in [-0.05, 0) is 25.7 Å². The molecule has 0 aromatic carbocycles. The summed E-state index contributed by atoms with van der Waals surface area (Å²) >= 11 is 0. The van der Waals surface area contributed by atoms with Gasteiger partial charge >= 0.3 is 6.18 Å². The zero-order valence-electron chi connectivity index (χ0n) is 17.2. The Morgan fingerprint density at radius 2 is 2.13 bits per heavy atom. The number of nitrogens with one attached hydrogen (secondary N) is 1. The summed E-state index contributed by atoms with van der Waals surface area (Å²) in [5, 5.41) is 11.3. The molecule has 4 rings (SSSR count). The highest BCUT2D eigenvalue weighted by Crippen LogP contribution is 2.42. The Kier molecular flexibility index (Phi) is 5.27. The zero-order chi connectivity index (χ0) is 21.6. The predicted molar refractivity (Wildman–Crippen MR) is 103 cm³/mol. The highest BCUT2D eigenvalue weighted by atomic mass is 19.4. The van der Waals surface area contributed by atoms with Crippen LogP contribution in [0.3, 0.4) is 0 Å². The largest absolute Gasteiger partial charge is 0.410 e. The minimum absolute atomic E-state index is 0.0572. The van der Waals surface area contributed by atoms with E-state index < -0.39 is 12.2 Å². The normalized spacial score (nSPS) is 24.2. The van der Waals surface area contributed by atoms with Crippen LogP contribution in [0.15, 0.2) is 16.7 Å². The number of anilines is 1. The highest BCUT2D eigenvalue weighted by molar-refractivity contribution is 5.92. The molecule has 2 aliphatic rings. The third-order valence-electron chi connectivity index (χ3n) is 5.95. The Hall–Kier alpha value is -2.52. The van der Waals surface area contributed by atoms with Crippen molar-refractivity contribution in [3.05, 3.63) is 29.3 Å². The second-order valence-electron chi connectivity index (χ2n) is 8.37. The van der Waals surface area contributed by atoms with Gasteiger partial charge in [0.2, 0.25) is 0 Å². The maximum atomic E-state index is 13.6. The van der Waals surface area contributed by atoms with Crippen molar-refractivity contribution in [2.75, 3.05) is 11.9 Å². The summed E-state index contributed by atoms with van der Waals surface area (Å²) in [6, 6.07) is 0.972. The van der Waals surface area contributed by atoms with E-state index in [-0.39, 0.29) is 36.0 Å². The molecule has 1 fully saturated rings. The van der Waals surface area contributed by atoms with E-state index in [9.17, 15) is 18.0 Å². The van der Waals surface area contributed by atoms with Crippen molar-refractivity contribution in [3.63, 3.8) is 0 Å². The Labute approximate surface area is 172 Å². The first-order valence-corrected chi connectivity index (χ1v) is 10.4. The van der Waals surface area contributed by atoms with E-state index >= 15 is 0 Å². The fraction of sp³-hybridized carbons (Fsp3) is 0.650. The zero-order valence-corrected chi connectivity index (χ0v) is 17.2. The molecule has 10 heteroatoms. The summed E-state index contributed by atoms with van der Waals surface area (Å²) < 4.78 is 47.2. The van der Waals surface area contributed by atoms with E-state index in [1.54, 1.807) is 17.0 Å². The van der Waals surface area contributed by atoms with Gasteiger partial charge in [-0.1, -0.05) is 25.9 Å². The van der Waals surface area contributed by atoms with Crippen LogP contribution in [-0.4, -0.2) is 44.5 Å². The fourth-order valence-corrected chi connectivity index (χ4v) is 4.23. The number of hydrogen-bond donors (Lipinski definition) is 1. The SMILES string of the molecule is CC[C@@H]1C[C@H](C(F)(F)F)n2nc([C@H]3CCCN3C(=O)c3cc(C(C)C)on3)cc2N1. The summed E-state index contributed by atoms with van der Waals surface area (Å²) in [7, 11) is 0. The van der Waals surface area contributed by atoms with Crippen molar-refractivity contribution in [1.29, 1.82) is 0 Å². The number of fused-ring (bicyclic) bond motifs is 1. The van der Waals surface area contributed by atoms with Crippen LogP contribution in [0.2, 0.25) is 0 Å². The number of carbonyl (C=O) groups excluding carboxylic acids is 1. The lowest BCUT2D eigenvalue weighted by Gasteiger charge is -2.32. The molecule has 3 atom stereocenters. The molecule has 4 heterocycles. The summed E-state index contributed by atoms with van der Waals surface area (Å²) in [4.78, 5) is 14.6. The number of nitrogens with zero attached hydrogens (tertiary/aromatic N) is 4. The topological polar surface area (TPSA) is 76.2 Å². The van der Waals surface area contributed by atoms with Gasteiger partial charge in [0, 0.05) is 30.6 Å². The van der Waals surface area contributed by atoms with Gasteiger partial charge in [-0.2, -0.15) is 18.3 Å². The molecule has 2 aromatic rings. The summed E-state index contributed by atoms with van der Waals surface area (Å²) in [5.74, 6) is 0.790. The third kappa shape index (κ3) is 3.67. The van der Waals surface area contributed by atoms with E-state index in [0.717, 1.165) is 11.1 Å². The van der Waals surface area contributed by atoms with Crippen LogP contribution in [0.1, 0.15) is 86.4 Å². The smallest absolute Gasteiger partial charge is 0.367 e. The van der Waals surface area contributed by atoms with Crippen LogP contribution in [-0.2, 0) is 0 Å². The number of rotatable bonds is 4. The Balaban J connectivity index is 1.62. The molecule has 164 valence electrons. The molecule has 0 unspecified atom stereocenters. The van der Waals surface area contributed by atoms with Crippen LogP contribution in [0, 0.1) is 0 Å². The molecule has 0 spiro atoms. The van der Waals surface area contributed by atoms with Crippen molar-refractivity contribution in [3.8, 4) is 0 Å². The van der Waals surface area contributed by atoms with E-state index in [0.29, 0.717) is 36.7 Å². The highest BCUT2D eigenvalue weighted by Gasteiger charge is 2.46. The molecule has 1 N–H and O–H groups in total. The number of likely N-dealkylation sites (tertiary alicyclic amines) is 1. The van der Waals surface area contributed by atoms with Gasteiger partial charge in [-0.15, -0.1) is 0 Å². The van der Waals surface area contributed by atoms with Gasteiger partial charge in [0.1, 0.15) is 11.6 Å². The van der Waals surface area contributed by atoms with Crippen LogP contribution in [0.25, 0.3) is 0 Å². The first-order valence-electron chi connectivity index (χ1n) is 10.4. The number of carbonyl (C=O) groups is 1. The maximum Gasteiger partial charge on any atom is 0.410 e. The van der Waals surface area contributed by atoms with Crippen molar-refractivity contribution in [2.24, 2.45) is 0 Å². The number of alkyl halides is 3. The van der Waals surface area contributed by atoms with Crippen LogP contribution < -0.4 is 5.32 Å². The lowest BCUT2D eigenvalue weighted by molar-refractivity contribution is -0.173. The van der Waals surface area contributed by atoms with Crippen molar-refractivity contribution in [1.82, 2.24) is 19.8 Å². The van der Waals surface area contributed by atoms with Crippen molar-refractivity contribution >= 4 is 11.7 Å². The standard InChI is InChI=1S/C20H26F3N5O2/c1-4-12-8-17(20(21,22)23)28-18(24-12)10-13(25-28)15-6-5-7-27(15)19(29)14-9-16(11(2)3)30-26-14/h9-12,15,17,24H,4-8H2,1-3H3/t12-,15-,17-/m1/s1. The van der Waals surface area contributed by atoms with Crippen LogP contribution in [0.4, 0.5) is 19.0 Å². The third-order valence-corrected chi connectivity index (χ3v) is 5.95. The minimum atomic E-state index is -4.38. The number of amides is 1. The Morgan fingerprint density at radius 1 is 1.37 bits per heavy atom. The van der Waals surface area contributed by atoms with Gasteiger partial charge < -0.3 is 14.7 Å². The van der Waals surface area contributed by atoms with E-state index in [1.807, 2.05) is 20.8 Å². The Bertz CT molecular complexity index is 920. The van der Waals surface area contributed by atoms with E-state index in [4.69, 9.17) is 4.52 Å².